The van der Waals surface area contributed by atoms with Crippen molar-refractivity contribution in [2.45, 2.75) is 25.4 Å². The Morgan fingerprint density at radius 1 is 1.26 bits per heavy atom. The normalized spacial score (nSPS) is 16.5. The summed E-state index contributed by atoms with van der Waals surface area (Å²) < 4.78 is 1.99. The fourth-order valence-corrected chi connectivity index (χ4v) is 3.42. The van der Waals surface area contributed by atoms with Crippen LogP contribution < -0.4 is 0 Å². The van der Waals surface area contributed by atoms with E-state index < -0.39 is 6.04 Å². The number of aromatic nitrogens is 2. The van der Waals surface area contributed by atoms with Gasteiger partial charge in [0, 0.05) is 36.1 Å². The Morgan fingerprint density at radius 3 is 2.74 bits per heavy atom. The molecule has 1 aromatic carbocycles. The van der Waals surface area contributed by atoms with Crippen LogP contribution in [0.4, 0.5) is 0 Å². The van der Waals surface area contributed by atoms with Gasteiger partial charge in [-0.25, -0.2) is 4.98 Å². The number of amides is 1. The summed E-state index contributed by atoms with van der Waals surface area (Å²) in [6.07, 6.45) is 7.08. The monoisotopic (exact) mass is 348 g/mol. The molecule has 7 heteroatoms. The maximum Gasteiger partial charge on any atom is 0.257 e. The lowest BCUT2D eigenvalue weighted by molar-refractivity contribution is 0.0754. The molecule has 0 saturated heterocycles. The Balaban J connectivity index is 1.70. The summed E-state index contributed by atoms with van der Waals surface area (Å²) in [6, 6.07) is 4.75. The zero-order valence-corrected chi connectivity index (χ0v) is 13.8. The molecule has 0 saturated carbocycles. The lowest BCUT2D eigenvalue weighted by Gasteiger charge is -2.19. The minimum absolute atomic E-state index is 0.198. The van der Waals surface area contributed by atoms with Crippen molar-refractivity contribution in [3.8, 4) is 6.07 Å². The van der Waals surface area contributed by atoms with Gasteiger partial charge in [-0.05, 0) is 25.0 Å². The van der Waals surface area contributed by atoms with Gasteiger partial charge < -0.3 is 9.47 Å². The smallest absolute Gasteiger partial charge is 0.257 e. The Bertz CT molecular complexity index is 767. The van der Waals surface area contributed by atoms with Crippen molar-refractivity contribution in [3.63, 3.8) is 0 Å². The van der Waals surface area contributed by atoms with E-state index in [1.807, 2.05) is 10.8 Å². The number of nitriles is 1. The summed E-state index contributed by atoms with van der Waals surface area (Å²) >= 11 is 12.1. The van der Waals surface area contributed by atoms with E-state index in [0.29, 0.717) is 27.7 Å². The standard InChI is InChI=1S/C16H14Cl2N4O/c17-11-7-12-14(9-19)22(16(23)15(12)13(18)8-11)5-2-1-4-21-6-3-20-10-21/h3,6-8,10,14H,1-2,4-5H2. The molecule has 1 unspecified atom stereocenters. The van der Waals surface area contributed by atoms with Crippen LogP contribution in [0.1, 0.15) is 34.8 Å². The number of carbonyl (C=O) groups excluding carboxylic acids is 1. The largest absolute Gasteiger partial charge is 0.337 e. The number of benzene rings is 1. The number of halogens is 2. The predicted octanol–water partition coefficient (Wildman–Crippen LogP) is 3.69. The van der Waals surface area contributed by atoms with Crippen molar-refractivity contribution in [1.82, 2.24) is 14.5 Å². The Morgan fingerprint density at radius 2 is 2.04 bits per heavy atom. The highest BCUT2D eigenvalue weighted by Crippen LogP contribution is 2.39. The SMILES string of the molecule is N#CC1c2cc(Cl)cc(Cl)c2C(=O)N1CCCCn1ccnc1. The van der Waals surface area contributed by atoms with Gasteiger partial charge in [0.15, 0.2) is 0 Å². The Labute approximate surface area is 144 Å². The molecule has 1 aliphatic heterocycles. The van der Waals surface area contributed by atoms with E-state index in [4.69, 9.17) is 23.2 Å². The number of nitrogens with zero attached hydrogens (tertiary/aromatic N) is 4. The molecule has 1 atom stereocenters. The third kappa shape index (κ3) is 3.05. The third-order valence-electron chi connectivity index (χ3n) is 3.91. The highest BCUT2D eigenvalue weighted by Gasteiger charge is 2.38. The molecule has 23 heavy (non-hydrogen) atoms. The quantitative estimate of drug-likeness (QED) is 0.774. The molecule has 0 N–H and O–H groups in total. The van der Waals surface area contributed by atoms with Crippen LogP contribution in [-0.2, 0) is 6.54 Å². The maximum atomic E-state index is 12.6. The number of rotatable bonds is 5. The van der Waals surface area contributed by atoms with Crippen molar-refractivity contribution >= 4 is 29.1 Å². The van der Waals surface area contributed by atoms with E-state index >= 15 is 0 Å². The summed E-state index contributed by atoms with van der Waals surface area (Å²) in [6.45, 7) is 1.34. The molecule has 0 spiro atoms. The van der Waals surface area contributed by atoms with Crippen LogP contribution >= 0.6 is 23.2 Å². The van der Waals surface area contributed by atoms with E-state index in [-0.39, 0.29) is 5.91 Å². The van der Waals surface area contributed by atoms with E-state index in [9.17, 15) is 10.1 Å². The van der Waals surface area contributed by atoms with Crippen LogP contribution in [0.15, 0.2) is 30.9 Å². The molecular weight excluding hydrogens is 335 g/mol. The molecule has 1 aromatic heterocycles. The highest BCUT2D eigenvalue weighted by atomic mass is 35.5. The van der Waals surface area contributed by atoms with E-state index in [0.717, 1.165) is 19.4 Å². The summed E-state index contributed by atoms with van der Waals surface area (Å²) in [5, 5.41) is 10.2. The van der Waals surface area contributed by atoms with Gasteiger partial charge in [0.1, 0.15) is 6.04 Å². The lowest BCUT2D eigenvalue weighted by atomic mass is 10.1. The second kappa shape index (κ2) is 6.61. The number of unbranched alkanes of at least 4 members (excludes halogenated alkanes) is 1. The number of aryl methyl sites for hydroxylation is 1. The second-order valence-corrected chi connectivity index (χ2v) is 6.23. The summed E-state index contributed by atoms with van der Waals surface area (Å²) in [4.78, 5) is 18.1. The zero-order valence-electron chi connectivity index (χ0n) is 12.2. The van der Waals surface area contributed by atoms with Crippen molar-refractivity contribution in [1.29, 1.82) is 5.26 Å². The summed E-state index contributed by atoms with van der Waals surface area (Å²) in [5.41, 5.74) is 1.00. The van der Waals surface area contributed by atoms with Crippen molar-refractivity contribution < 1.29 is 4.79 Å². The lowest BCUT2D eigenvalue weighted by Crippen LogP contribution is -2.28. The minimum Gasteiger partial charge on any atom is -0.337 e. The van der Waals surface area contributed by atoms with Gasteiger partial charge in [-0.2, -0.15) is 5.26 Å². The van der Waals surface area contributed by atoms with E-state index in [1.165, 1.54) is 6.07 Å². The average Bonchev–Trinajstić information content (AvgIpc) is 3.10. The van der Waals surface area contributed by atoms with E-state index in [1.54, 1.807) is 23.5 Å². The van der Waals surface area contributed by atoms with Crippen LogP contribution in [0.5, 0.6) is 0 Å². The van der Waals surface area contributed by atoms with Crippen LogP contribution in [0.2, 0.25) is 10.0 Å². The molecule has 0 radical (unpaired) electrons. The molecule has 0 aliphatic carbocycles. The fraction of sp³-hybridized carbons (Fsp3) is 0.312. The van der Waals surface area contributed by atoms with Gasteiger partial charge in [0.2, 0.25) is 0 Å². The van der Waals surface area contributed by atoms with Gasteiger partial charge in [0.25, 0.3) is 5.91 Å². The third-order valence-corrected chi connectivity index (χ3v) is 4.43. The van der Waals surface area contributed by atoms with Crippen LogP contribution in [-0.4, -0.2) is 26.9 Å². The minimum atomic E-state index is -0.623. The molecule has 3 rings (SSSR count). The van der Waals surface area contributed by atoms with Gasteiger partial charge in [-0.1, -0.05) is 23.2 Å². The molecule has 5 nitrogen and oxygen atoms in total. The van der Waals surface area contributed by atoms with Crippen molar-refractivity contribution in [3.05, 3.63) is 52.0 Å². The van der Waals surface area contributed by atoms with Crippen LogP contribution in [0.3, 0.4) is 0 Å². The van der Waals surface area contributed by atoms with Crippen molar-refractivity contribution in [2.75, 3.05) is 6.54 Å². The van der Waals surface area contributed by atoms with Gasteiger partial charge in [-0.15, -0.1) is 0 Å². The topological polar surface area (TPSA) is 61.9 Å². The van der Waals surface area contributed by atoms with Gasteiger partial charge >= 0.3 is 0 Å². The predicted molar refractivity (Wildman–Crippen MR) is 87.3 cm³/mol. The summed E-state index contributed by atoms with van der Waals surface area (Å²) in [5.74, 6) is -0.198. The van der Waals surface area contributed by atoms with Crippen molar-refractivity contribution in [2.24, 2.45) is 0 Å². The highest BCUT2D eigenvalue weighted by molar-refractivity contribution is 6.37. The Kier molecular flexibility index (Phi) is 4.56. The molecule has 0 fully saturated rings. The van der Waals surface area contributed by atoms with Crippen LogP contribution in [0, 0.1) is 11.3 Å². The van der Waals surface area contributed by atoms with Gasteiger partial charge in [-0.3, -0.25) is 4.79 Å². The number of hydrogen-bond donors (Lipinski definition) is 0. The second-order valence-electron chi connectivity index (χ2n) is 5.39. The summed E-state index contributed by atoms with van der Waals surface area (Å²) in [7, 11) is 0. The van der Waals surface area contributed by atoms with E-state index in [2.05, 4.69) is 11.1 Å². The first-order valence-electron chi connectivity index (χ1n) is 7.27. The molecule has 2 heterocycles. The van der Waals surface area contributed by atoms with Gasteiger partial charge in [0.05, 0.1) is 23.0 Å². The Hall–Kier alpha value is -2.03. The van der Waals surface area contributed by atoms with Crippen LogP contribution in [0.25, 0.3) is 0 Å². The number of fused-ring (bicyclic) bond motifs is 1. The molecular formula is C16H14Cl2N4O. The zero-order chi connectivity index (χ0) is 16.4. The molecule has 2 aromatic rings. The number of imidazole rings is 1. The number of carbonyl (C=O) groups is 1. The molecule has 1 amide bonds. The molecule has 1 aliphatic rings. The molecule has 118 valence electrons. The first-order chi connectivity index (χ1) is 11.1. The first kappa shape index (κ1) is 15.9. The maximum absolute atomic E-state index is 12.6. The first-order valence-corrected chi connectivity index (χ1v) is 8.02. The molecule has 0 bridgehead atoms. The number of hydrogen-bond acceptors (Lipinski definition) is 3. The average molecular weight is 349 g/mol. The fourth-order valence-electron chi connectivity index (χ4n) is 2.83.